The first-order valence-corrected chi connectivity index (χ1v) is 7.22. The average Bonchev–Trinajstić information content (AvgIpc) is 2.35. The van der Waals surface area contributed by atoms with Gasteiger partial charge >= 0.3 is 0 Å². The smallest absolute Gasteiger partial charge is 0.0586 e. The molecular formula is C14H28N2O. The second-order valence-corrected chi connectivity index (χ2v) is 6.12. The monoisotopic (exact) mass is 240 g/mol. The zero-order valence-electron chi connectivity index (χ0n) is 11.5. The van der Waals surface area contributed by atoms with Gasteiger partial charge in [-0.2, -0.15) is 0 Å². The number of hydrogen-bond acceptors (Lipinski definition) is 3. The Morgan fingerprint density at radius 2 is 1.88 bits per heavy atom. The zero-order chi connectivity index (χ0) is 12.3. The van der Waals surface area contributed by atoms with Crippen LogP contribution in [0.4, 0.5) is 0 Å². The van der Waals surface area contributed by atoms with Gasteiger partial charge in [-0.3, -0.25) is 4.90 Å². The fourth-order valence-electron chi connectivity index (χ4n) is 3.56. The molecule has 0 amide bonds. The van der Waals surface area contributed by atoms with Gasteiger partial charge in [0.05, 0.1) is 6.61 Å². The Kier molecular flexibility index (Phi) is 4.45. The first kappa shape index (κ1) is 13.3. The summed E-state index contributed by atoms with van der Waals surface area (Å²) in [6, 6.07) is 0.395. The van der Waals surface area contributed by atoms with Crippen molar-refractivity contribution in [2.24, 2.45) is 5.41 Å². The van der Waals surface area contributed by atoms with E-state index >= 15 is 0 Å². The Morgan fingerprint density at radius 3 is 2.47 bits per heavy atom. The van der Waals surface area contributed by atoms with Crippen LogP contribution in [0.25, 0.3) is 0 Å². The van der Waals surface area contributed by atoms with Gasteiger partial charge in [-0.15, -0.1) is 0 Å². The van der Waals surface area contributed by atoms with Gasteiger partial charge in [-0.25, -0.2) is 0 Å². The van der Waals surface area contributed by atoms with Crippen molar-refractivity contribution >= 4 is 0 Å². The highest BCUT2D eigenvalue weighted by molar-refractivity contribution is 4.92. The molecule has 0 aromatic carbocycles. The van der Waals surface area contributed by atoms with E-state index in [4.69, 9.17) is 0 Å². The average molecular weight is 240 g/mol. The summed E-state index contributed by atoms with van der Waals surface area (Å²) in [5, 5.41) is 9.46. The quantitative estimate of drug-likeness (QED) is 0.811. The Bertz CT molecular complexity index is 232. The minimum atomic E-state index is 0.326. The number of hydrogen-bond donors (Lipinski definition) is 1. The predicted octanol–water partition coefficient (Wildman–Crippen LogP) is 1.57. The highest BCUT2D eigenvalue weighted by Crippen LogP contribution is 2.40. The molecule has 2 aliphatic rings. The fraction of sp³-hybridized carbons (Fsp3) is 1.00. The molecule has 1 N–H and O–H groups in total. The molecule has 2 fully saturated rings. The Morgan fingerprint density at radius 1 is 1.18 bits per heavy atom. The molecule has 0 aliphatic carbocycles. The van der Waals surface area contributed by atoms with Crippen molar-refractivity contribution in [1.29, 1.82) is 0 Å². The van der Waals surface area contributed by atoms with Crippen molar-refractivity contribution in [2.75, 3.05) is 39.8 Å². The largest absolute Gasteiger partial charge is 0.395 e. The van der Waals surface area contributed by atoms with Gasteiger partial charge in [0.25, 0.3) is 0 Å². The van der Waals surface area contributed by atoms with Crippen LogP contribution < -0.4 is 0 Å². The summed E-state index contributed by atoms with van der Waals surface area (Å²) in [6.07, 6.45) is 6.50. The lowest BCUT2D eigenvalue weighted by atomic mass is 9.72. The van der Waals surface area contributed by atoms with Crippen LogP contribution in [0.3, 0.4) is 0 Å². The van der Waals surface area contributed by atoms with Gasteiger partial charge in [0.2, 0.25) is 0 Å². The van der Waals surface area contributed by atoms with E-state index in [0.29, 0.717) is 18.1 Å². The van der Waals surface area contributed by atoms with Gasteiger partial charge in [-0.1, -0.05) is 6.92 Å². The molecule has 1 atom stereocenters. The maximum absolute atomic E-state index is 9.46. The molecule has 1 spiro atoms. The van der Waals surface area contributed by atoms with E-state index in [-0.39, 0.29) is 0 Å². The van der Waals surface area contributed by atoms with Crippen LogP contribution in [0.2, 0.25) is 0 Å². The van der Waals surface area contributed by atoms with Gasteiger partial charge in [-0.05, 0) is 64.2 Å². The van der Waals surface area contributed by atoms with Crippen LogP contribution in [-0.2, 0) is 0 Å². The summed E-state index contributed by atoms with van der Waals surface area (Å²) in [5.74, 6) is 0. The summed E-state index contributed by atoms with van der Waals surface area (Å²) in [4.78, 5) is 5.00. The molecule has 0 aromatic rings. The summed E-state index contributed by atoms with van der Waals surface area (Å²) >= 11 is 0. The van der Waals surface area contributed by atoms with Crippen molar-refractivity contribution < 1.29 is 5.11 Å². The third-order valence-corrected chi connectivity index (χ3v) is 4.94. The summed E-state index contributed by atoms with van der Waals surface area (Å²) < 4.78 is 0. The second-order valence-electron chi connectivity index (χ2n) is 6.12. The topological polar surface area (TPSA) is 26.7 Å². The minimum Gasteiger partial charge on any atom is -0.395 e. The highest BCUT2D eigenvalue weighted by atomic mass is 16.3. The van der Waals surface area contributed by atoms with E-state index in [1.807, 2.05) is 0 Å². The van der Waals surface area contributed by atoms with Crippen molar-refractivity contribution in [2.45, 2.75) is 45.1 Å². The van der Waals surface area contributed by atoms with E-state index in [2.05, 4.69) is 23.8 Å². The molecule has 2 aliphatic heterocycles. The lowest BCUT2D eigenvalue weighted by molar-refractivity contribution is -0.00242. The second kappa shape index (κ2) is 5.68. The first-order valence-electron chi connectivity index (χ1n) is 7.22. The summed E-state index contributed by atoms with van der Waals surface area (Å²) in [5.41, 5.74) is 0.563. The molecule has 2 saturated heterocycles. The molecular weight excluding hydrogens is 212 g/mol. The van der Waals surface area contributed by atoms with Gasteiger partial charge < -0.3 is 10.0 Å². The molecule has 0 saturated carbocycles. The van der Waals surface area contributed by atoms with Gasteiger partial charge in [0, 0.05) is 12.6 Å². The molecule has 2 rings (SSSR count). The van der Waals surface area contributed by atoms with E-state index in [1.165, 1.54) is 51.9 Å². The van der Waals surface area contributed by atoms with Crippen molar-refractivity contribution in [3.63, 3.8) is 0 Å². The number of nitrogens with zero attached hydrogens (tertiary/aromatic N) is 2. The van der Waals surface area contributed by atoms with E-state index < -0.39 is 0 Å². The normalized spacial score (nSPS) is 28.4. The molecule has 3 nitrogen and oxygen atoms in total. The van der Waals surface area contributed by atoms with Crippen LogP contribution in [0.15, 0.2) is 0 Å². The van der Waals surface area contributed by atoms with Gasteiger partial charge in [0.15, 0.2) is 0 Å². The Balaban J connectivity index is 1.96. The van der Waals surface area contributed by atoms with Crippen LogP contribution in [0.5, 0.6) is 0 Å². The van der Waals surface area contributed by atoms with Crippen LogP contribution in [0.1, 0.15) is 39.0 Å². The number of rotatable bonds is 3. The molecule has 0 bridgehead atoms. The molecule has 0 aromatic heterocycles. The first-order chi connectivity index (χ1) is 8.19. The minimum absolute atomic E-state index is 0.326. The fourth-order valence-corrected chi connectivity index (χ4v) is 3.56. The van der Waals surface area contributed by atoms with Crippen LogP contribution in [-0.4, -0.2) is 60.8 Å². The third-order valence-electron chi connectivity index (χ3n) is 4.94. The van der Waals surface area contributed by atoms with Crippen LogP contribution in [0, 0.1) is 5.41 Å². The third kappa shape index (κ3) is 3.01. The zero-order valence-corrected chi connectivity index (χ0v) is 11.5. The standard InChI is InChI=1S/C14H28N2O/c1-3-13(11-17)16-8-4-5-14(12-16)6-9-15(2)10-7-14/h13,17H,3-12H2,1-2H3. The SMILES string of the molecule is CCC(CO)N1CCCC2(CCN(C)CC2)C1. The van der Waals surface area contributed by atoms with E-state index in [0.717, 1.165) is 6.42 Å². The molecule has 0 radical (unpaired) electrons. The summed E-state index contributed by atoms with van der Waals surface area (Å²) in [6.45, 7) is 7.44. The molecule has 100 valence electrons. The number of likely N-dealkylation sites (tertiary alicyclic amines) is 2. The lowest BCUT2D eigenvalue weighted by Crippen LogP contribution is -2.52. The number of aliphatic hydroxyl groups is 1. The maximum atomic E-state index is 9.46. The Hall–Kier alpha value is -0.120. The van der Waals surface area contributed by atoms with Gasteiger partial charge in [0.1, 0.15) is 0 Å². The van der Waals surface area contributed by atoms with E-state index in [9.17, 15) is 5.11 Å². The highest BCUT2D eigenvalue weighted by Gasteiger charge is 2.38. The molecule has 1 unspecified atom stereocenters. The molecule has 3 heteroatoms. The molecule has 17 heavy (non-hydrogen) atoms. The maximum Gasteiger partial charge on any atom is 0.0586 e. The van der Waals surface area contributed by atoms with Crippen molar-refractivity contribution in [1.82, 2.24) is 9.80 Å². The van der Waals surface area contributed by atoms with Crippen molar-refractivity contribution in [3.8, 4) is 0 Å². The molecule has 2 heterocycles. The lowest BCUT2D eigenvalue weighted by Gasteiger charge is -2.49. The predicted molar refractivity (Wildman–Crippen MR) is 71.1 cm³/mol. The number of piperidine rings is 2. The number of aliphatic hydroxyl groups excluding tert-OH is 1. The summed E-state index contributed by atoms with van der Waals surface area (Å²) in [7, 11) is 2.23. The van der Waals surface area contributed by atoms with Crippen LogP contribution >= 0.6 is 0 Å². The Labute approximate surface area is 106 Å². The van der Waals surface area contributed by atoms with E-state index in [1.54, 1.807) is 0 Å². The van der Waals surface area contributed by atoms with Crippen molar-refractivity contribution in [3.05, 3.63) is 0 Å².